The zero-order valence-electron chi connectivity index (χ0n) is 7.80. The molecule has 0 spiro atoms. The molecule has 0 N–H and O–H groups in total. The van der Waals surface area contributed by atoms with E-state index in [0.29, 0.717) is 10.0 Å². The van der Waals surface area contributed by atoms with Crippen molar-refractivity contribution in [2.24, 2.45) is 0 Å². The highest BCUT2D eigenvalue weighted by molar-refractivity contribution is 8.11. The molecular formula is C8H10N2O2S2. The molecule has 0 saturated heterocycles. The molecular weight excluding hydrogens is 220 g/mol. The molecule has 0 saturated carbocycles. The van der Waals surface area contributed by atoms with Gasteiger partial charge < -0.3 is 9.30 Å². The lowest BCUT2D eigenvalue weighted by Crippen LogP contribution is -2.20. The molecule has 0 bridgehead atoms. The maximum Gasteiger partial charge on any atom is 0.328 e. The summed E-state index contributed by atoms with van der Waals surface area (Å²) < 4.78 is 6.59. The van der Waals surface area contributed by atoms with Crippen LogP contribution in [-0.4, -0.2) is 26.8 Å². The topological polar surface area (TPSA) is 44.1 Å². The van der Waals surface area contributed by atoms with Gasteiger partial charge in [0.15, 0.2) is 5.82 Å². The minimum Gasteiger partial charge on any atom is -0.467 e. The van der Waals surface area contributed by atoms with Gasteiger partial charge in [0.2, 0.25) is 0 Å². The Balaban J connectivity index is 3.00. The Morgan fingerprint density at radius 3 is 2.93 bits per heavy atom. The molecule has 1 unspecified atom stereocenters. The highest BCUT2D eigenvalue weighted by atomic mass is 32.1. The number of nitrogens with zero attached hydrogens (tertiary/aromatic N) is 2. The van der Waals surface area contributed by atoms with Crippen LogP contribution in [0.3, 0.4) is 0 Å². The summed E-state index contributed by atoms with van der Waals surface area (Å²) in [7, 11) is 1.34. The number of thiol groups is 1. The standard InChI is InChI=1S/C8H10N2O2S2/c1-5(7(11)12-2)10-4-3-9-6(10)8(13)14/h3-5H,1-2H3,(H,13,14). The molecule has 0 fully saturated rings. The molecule has 14 heavy (non-hydrogen) atoms. The second-order valence-corrected chi connectivity index (χ2v) is 3.82. The van der Waals surface area contributed by atoms with Gasteiger partial charge in [0.05, 0.1) is 7.11 Å². The third-order valence-corrected chi connectivity index (χ3v) is 2.20. The molecule has 1 atom stereocenters. The minimum absolute atomic E-state index is 0.339. The zero-order valence-corrected chi connectivity index (χ0v) is 9.51. The Hall–Kier alpha value is -0.880. The molecule has 1 aromatic heterocycles. The normalized spacial score (nSPS) is 12.2. The van der Waals surface area contributed by atoms with Gasteiger partial charge in [0.25, 0.3) is 0 Å². The Morgan fingerprint density at radius 1 is 1.79 bits per heavy atom. The van der Waals surface area contributed by atoms with Crippen molar-refractivity contribution < 1.29 is 9.53 Å². The fourth-order valence-electron chi connectivity index (χ4n) is 1.08. The van der Waals surface area contributed by atoms with Gasteiger partial charge in [0, 0.05) is 12.4 Å². The number of ether oxygens (including phenoxy) is 1. The summed E-state index contributed by atoms with van der Waals surface area (Å²) in [6.07, 6.45) is 3.23. The molecule has 6 heteroatoms. The van der Waals surface area contributed by atoms with Crippen molar-refractivity contribution in [3.05, 3.63) is 18.2 Å². The van der Waals surface area contributed by atoms with Crippen molar-refractivity contribution >= 4 is 35.0 Å². The van der Waals surface area contributed by atoms with Crippen LogP contribution in [0.5, 0.6) is 0 Å². The molecule has 0 aliphatic rings. The molecule has 0 aliphatic heterocycles. The fraction of sp³-hybridized carbons (Fsp3) is 0.375. The summed E-state index contributed by atoms with van der Waals surface area (Å²) in [6.45, 7) is 1.71. The maximum atomic E-state index is 11.2. The van der Waals surface area contributed by atoms with Crippen LogP contribution in [0.25, 0.3) is 0 Å². The summed E-state index contributed by atoms with van der Waals surface area (Å²) in [6, 6.07) is -0.442. The molecule has 0 radical (unpaired) electrons. The molecule has 1 aromatic rings. The minimum atomic E-state index is -0.442. The van der Waals surface area contributed by atoms with Crippen LogP contribution in [0, 0.1) is 0 Å². The highest BCUT2D eigenvalue weighted by Gasteiger charge is 2.18. The Bertz CT molecular complexity index is 362. The van der Waals surface area contributed by atoms with Gasteiger partial charge in [-0.3, -0.25) is 0 Å². The summed E-state index contributed by atoms with van der Waals surface area (Å²) in [5.74, 6) is 0.162. The third kappa shape index (κ3) is 2.13. The second kappa shape index (κ2) is 4.56. The Morgan fingerprint density at radius 2 is 2.43 bits per heavy atom. The van der Waals surface area contributed by atoms with Gasteiger partial charge in [-0.2, -0.15) is 0 Å². The van der Waals surface area contributed by atoms with Crippen LogP contribution < -0.4 is 0 Å². The lowest BCUT2D eigenvalue weighted by atomic mass is 10.3. The molecule has 1 rings (SSSR count). The lowest BCUT2D eigenvalue weighted by Gasteiger charge is -2.12. The Kier molecular flexibility index (Phi) is 3.65. The molecule has 0 aliphatic carbocycles. The first-order valence-corrected chi connectivity index (χ1v) is 4.77. The number of aromatic nitrogens is 2. The van der Waals surface area contributed by atoms with Gasteiger partial charge in [-0.15, -0.1) is 12.6 Å². The van der Waals surface area contributed by atoms with Crippen molar-refractivity contribution in [2.75, 3.05) is 7.11 Å². The average molecular weight is 230 g/mol. The number of carbonyl (C=O) groups is 1. The van der Waals surface area contributed by atoms with E-state index in [9.17, 15) is 4.79 Å². The highest BCUT2D eigenvalue weighted by Crippen LogP contribution is 2.12. The van der Waals surface area contributed by atoms with Crippen molar-refractivity contribution in [3.63, 3.8) is 0 Å². The first-order valence-electron chi connectivity index (χ1n) is 3.92. The molecule has 76 valence electrons. The van der Waals surface area contributed by atoms with E-state index in [1.807, 2.05) is 0 Å². The predicted molar refractivity (Wildman–Crippen MR) is 59.6 cm³/mol. The lowest BCUT2D eigenvalue weighted by molar-refractivity contribution is -0.144. The first kappa shape index (κ1) is 11.2. The fourth-order valence-corrected chi connectivity index (χ4v) is 1.41. The molecule has 4 nitrogen and oxygen atoms in total. The third-order valence-electron chi connectivity index (χ3n) is 1.82. The van der Waals surface area contributed by atoms with Crippen molar-refractivity contribution in [3.8, 4) is 0 Å². The monoisotopic (exact) mass is 230 g/mol. The molecule has 0 aromatic carbocycles. The number of esters is 1. The average Bonchev–Trinajstić information content (AvgIpc) is 2.63. The number of hydrogen-bond donors (Lipinski definition) is 1. The van der Waals surface area contributed by atoms with E-state index in [1.54, 1.807) is 23.9 Å². The van der Waals surface area contributed by atoms with Crippen LogP contribution in [0.4, 0.5) is 0 Å². The number of thiocarbonyl (C=S) groups is 1. The predicted octanol–water partition coefficient (Wildman–Crippen LogP) is 1.22. The number of imidazole rings is 1. The largest absolute Gasteiger partial charge is 0.467 e. The quantitative estimate of drug-likeness (QED) is 0.482. The summed E-state index contributed by atoms with van der Waals surface area (Å²) in [4.78, 5) is 15.2. The van der Waals surface area contributed by atoms with Gasteiger partial charge in [-0.25, -0.2) is 9.78 Å². The van der Waals surface area contributed by atoms with E-state index in [4.69, 9.17) is 12.2 Å². The van der Waals surface area contributed by atoms with E-state index in [2.05, 4.69) is 22.3 Å². The van der Waals surface area contributed by atoms with Crippen molar-refractivity contribution in [1.82, 2.24) is 9.55 Å². The first-order chi connectivity index (χ1) is 6.57. The number of carbonyl (C=O) groups excluding carboxylic acids is 1. The van der Waals surface area contributed by atoms with Gasteiger partial charge in [-0.1, -0.05) is 12.2 Å². The van der Waals surface area contributed by atoms with Gasteiger partial charge in [-0.05, 0) is 6.92 Å². The second-order valence-electron chi connectivity index (χ2n) is 2.66. The summed E-state index contributed by atoms with van der Waals surface area (Å²) in [5.41, 5.74) is 0. The number of methoxy groups -OCH3 is 1. The number of rotatable bonds is 3. The van der Waals surface area contributed by atoms with E-state index in [1.165, 1.54) is 7.11 Å². The van der Waals surface area contributed by atoms with E-state index in [0.717, 1.165) is 0 Å². The van der Waals surface area contributed by atoms with Crippen LogP contribution in [-0.2, 0) is 9.53 Å². The summed E-state index contributed by atoms with van der Waals surface area (Å²) in [5, 5.41) is 0. The maximum absolute atomic E-state index is 11.2. The van der Waals surface area contributed by atoms with Crippen molar-refractivity contribution in [1.29, 1.82) is 0 Å². The zero-order chi connectivity index (χ0) is 10.7. The smallest absolute Gasteiger partial charge is 0.328 e. The van der Waals surface area contributed by atoms with Crippen LogP contribution >= 0.6 is 24.8 Å². The van der Waals surface area contributed by atoms with Crippen LogP contribution in [0.15, 0.2) is 12.4 Å². The number of hydrogen-bond acceptors (Lipinski definition) is 4. The van der Waals surface area contributed by atoms with E-state index in [-0.39, 0.29) is 5.97 Å². The van der Waals surface area contributed by atoms with Crippen LogP contribution in [0.2, 0.25) is 0 Å². The van der Waals surface area contributed by atoms with E-state index < -0.39 is 6.04 Å². The SMILES string of the molecule is COC(=O)C(C)n1ccnc1C(=S)S. The van der Waals surface area contributed by atoms with Gasteiger partial charge in [0.1, 0.15) is 10.2 Å². The molecule has 0 amide bonds. The summed E-state index contributed by atoms with van der Waals surface area (Å²) >= 11 is 8.89. The van der Waals surface area contributed by atoms with Crippen molar-refractivity contribution in [2.45, 2.75) is 13.0 Å². The Labute approximate surface area is 92.7 Å². The van der Waals surface area contributed by atoms with Crippen LogP contribution in [0.1, 0.15) is 18.8 Å². The molecule has 1 heterocycles. The van der Waals surface area contributed by atoms with E-state index >= 15 is 0 Å². The van der Waals surface area contributed by atoms with Gasteiger partial charge >= 0.3 is 5.97 Å².